The van der Waals surface area contributed by atoms with Gasteiger partial charge in [-0.15, -0.1) is 0 Å². The lowest BCUT2D eigenvalue weighted by Crippen LogP contribution is -2.40. The fourth-order valence-electron chi connectivity index (χ4n) is 5.35. The average molecular weight is 447 g/mol. The van der Waals surface area contributed by atoms with Crippen molar-refractivity contribution < 1.29 is 9.53 Å². The van der Waals surface area contributed by atoms with Crippen LogP contribution in [0.2, 0.25) is 0 Å². The van der Waals surface area contributed by atoms with Crippen LogP contribution < -0.4 is 0 Å². The number of carbonyl (C=O) groups excluding carboxylic acids is 1. The summed E-state index contributed by atoms with van der Waals surface area (Å²) >= 11 is 0. The minimum absolute atomic E-state index is 0.187. The van der Waals surface area contributed by atoms with Gasteiger partial charge in [0, 0.05) is 61.9 Å². The molecule has 2 aliphatic rings. The minimum atomic E-state index is 0.187. The highest BCUT2D eigenvalue weighted by Crippen LogP contribution is 2.31. The second-order valence-corrected chi connectivity index (χ2v) is 9.76. The zero-order valence-electron chi connectivity index (χ0n) is 19.8. The predicted molar refractivity (Wildman–Crippen MR) is 130 cm³/mol. The number of hydrogen-bond acceptors (Lipinski definition) is 5. The molecule has 174 valence electrons. The first kappa shape index (κ1) is 22.2. The number of ketones is 1. The summed E-state index contributed by atoms with van der Waals surface area (Å²) in [7, 11) is 2.04. The third kappa shape index (κ3) is 5.02. The fourth-order valence-corrected chi connectivity index (χ4v) is 5.35. The van der Waals surface area contributed by atoms with E-state index in [9.17, 15) is 4.79 Å². The summed E-state index contributed by atoms with van der Waals surface area (Å²) in [6.07, 6.45) is 8.60. The Balaban J connectivity index is 1.21. The van der Waals surface area contributed by atoms with Crippen molar-refractivity contribution in [3.8, 4) is 11.3 Å². The first-order chi connectivity index (χ1) is 16.1. The maximum Gasteiger partial charge on any atom is 0.141 e. The Hall–Kier alpha value is -2.57. The van der Waals surface area contributed by atoms with Gasteiger partial charge in [-0.2, -0.15) is 0 Å². The topological polar surface area (TPSA) is 60.3 Å². The van der Waals surface area contributed by atoms with E-state index in [1.165, 1.54) is 0 Å². The molecule has 0 N–H and O–H groups in total. The molecule has 6 nitrogen and oxygen atoms in total. The van der Waals surface area contributed by atoms with Gasteiger partial charge in [0.2, 0.25) is 0 Å². The van der Waals surface area contributed by atoms with Crippen molar-refractivity contribution in [2.75, 3.05) is 32.8 Å². The van der Waals surface area contributed by atoms with Crippen molar-refractivity contribution in [1.29, 1.82) is 0 Å². The second-order valence-electron chi connectivity index (χ2n) is 9.76. The SMILES string of the molecule is Cc1ncc(-c2ccc3cnc(CC(=O)C4CCC(CN5CCOCC5)CC4)cc3c2)n1C. The number of morpholine rings is 1. The molecule has 33 heavy (non-hydrogen) atoms. The summed E-state index contributed by atoms with van der Waals surface area (Å²) < 4.78 is 7.56. The van der Waals surface area contributed by atoms with Gasteiger partial charge in [-0.05, 0) is 56.0 Å². The Labute approximate surface area is 196 Å². The molecular formula is C27H34N4O2. The largest absolute Gasteiger partial charge is 0.379 e. The van der Waals surface area contributed by atoms with Gasteiger partial charge in [0.1, 0.15) is 11.6 Å². The normalized spacial score (nSPS) is 22.0. The van der Waals surface area contributed by atoms with E-state index in [4.69, 9.17) is 4.74 Å². The summed E-state index contributed by atoms with van der Waals surface area (Å²) in [5, 5.41) is 2.22. The van der Waals surface area contributed by atoms with Gasteiger partial charge in [-0.3, -0.25) is 14.7 Å². The van der Waals surface area contributed by atoms with Gasteiger partial charge < -0.3 is 9.30 Å². The molecule has 0 unspecified atom stereocenters. The van der Waals surface area contributed by atoms with Crippen LogP contribution in [0, 0.1) is 18.8 Å². The first-order valence-corrected chi connectivity index (χ1v) is 12.3. The zero-order chi connectivity index (χ0) is 22.8. The number of fused-ring (bicyclic) bond motifs is 1. The second kappa shape index (κ2) is 9.74. The first-order valence-electron chi connectivity index (χ1n) is 12.3. The predicted octanol–water partition coefficient (Wildman–Crippen LogP) is 4.19. The van der Waals surface area contributed by atoms with Crippen molar-refractivity contribution in [1.82, 2.24) is 19.4 Å². The van der Waals surface area contributed by atoms with Crippen LogP contribution in [-0.4, -0.2) is 58.1 Å². The molecule has 6 heteroatoms. The molecule has 0 radical (unpaired) electrons. The molecule has 1 aromatic carbocycles. The molecule has 1 aliphatic carbocycles. The number of benzene rings is 1. The van der Waals surface area contributed by atoms with E-state index < -0.39 is 0 Å². The van der Waals surface area contributed by atoms with Crippen molar-refractivity contribution in [2.45, 2.75) is 39.0 Å². The maximum atomic E-state index is 13.1. The number of rotatable bonds is 6. The van der Waals surface area contributed by atoms with Gasteiger partial charge in [0.05, 0.1) is 25.1 Å². The number of nitrogens with zero attached hydrogens (tertiary/aromatic N) is 4. The Morgan fingerprint density at radius 3 is 2.55 bits per heavy atom. The number of hydrogen-bond donors (Lipinski definition) is 0. The number of imidazole rings is 1. The molecule has 0 spiro atoms. The molecule has 1 aliphatic heterocycles. The zero-order valence-corrected chi connectivity index (χ0v) is 19.8. The Kier molecular flexibility index (Phi) is 6.56. The van der Waals surface area contributed by atoms with Crippen molar-refractivity contribution in [3.63, 3.8) is 0 Å². The third-order valence-corrected chi connectivity index (χ3v) is 7.57. The van der Waals surface area contributed by atoms with E-state index in [2.05, 4.69) is 43.7 Å². The van der Waals surface area contributed by atoms with E-state index in [-0.39, 0.29) is 5.92 Å². The molecular weight excluding hydrogens is 412 g/mol. The van der Waals surface area contributed by atoms with Crippen LogP contribution in [0.25, 0.3) is 22.0 Å². The van der Waals surface area contributed by atoms with Crippen LogP contribution in [0.15, 0.2) is 36.7 Å². The van der Waals surface area contributed by atoms with E-state index in [0.717, 1.165) is 98.0 Å². The quantitative estimate of drug-likeness (QED) is 0.568. The summed E-state index contributed by atoms with van der Waals surface area (Å²) in [6.45, 7) is 6.98. The minimum Gasteiger partial charge on any atom is -0.379 e. The monoisotopic (exact) mass is 446 g/mol. The van der Waals surface area contributed by atoms with Crippen LogP contribution in [-0.2, 0) is 23.0 Å². The Morgan fingerprint density at radius 1 is 1.03 bits per heavy atom. The number of carbonyl (C=O) groups is 1. The van der Waals surface area contributed by atoms with Crippen LogP contribution in [0.3, 0.4) is 0 Å². The van der Waals surface area contributed by atoms with Crippen molar-refractivity contribution >= 4 is 16.6 Å². The van der Waals surface area contributed by atoms with Gasteiger partial charge in [-0.1, -0.05) is 12.1 Å². The van der Waals surface area contributed by atoms with E-state index in [1.54, 1.807) is 0 Å². The molecule has 5 rings (SSSR count). The van der Waals surface area contributed by atoms with Crippen molar-refractivity contribution in [3.05, 3.63) is 48.2 Å². The molecule has 3 heterocycles. The van der Waals surface area contributed by atoms with Gasteiger partial charge >= 0.3 is 0 Å². The van der Waals surface area contributed by atoms with Gasteiger partial charge in [0.15, 0.2) is 0 Å². The van der Waals surface area contributed by atoms with E-state index in [1.807, 2.05) is 26.4 Å². The van der Waals surface area contributed by atoms with Gasteiger partial charge in [-0.25, -0.2) is 4.98 Å². The van der Waals surface area contributed by atoms with Gasteiger partial charge in [0.25, 0.3) is 0 Å². The highest BCUT2D eigenvalue weighted by molar-refractivity contribution is 5.88. The summed E-state index contributed by atoms with van der Waals surface area (Å²) in [5.41, 5.74) is 3.10. The molecule has 2 fully saturated rings. The maximum absolute atomic E-state index is 13.1. The molecule has 0 amide bonds. The Bertz CT molecular complexity index is 1120. The number of aryl methyl sites for hydroxylation is 1. The highest BCUT2D eigenvalue weighted by Gasteiger charge is 2.28. The summed E-state index contributed by atoms with van der Waals surface area (Å²) in [6, 6.07) is 8.48. The lowest BCUT2D eigenvalue weighted by atomic mass is 9.79. The van der Waals surface area contributed by atoms with Crippen molar-refractivity contribution in [2.24, 2.45) is 18.9 Å². The molecule has 0 bridgehead atoms. The van der Waals surface area contributed by atoms with Crippen LogP contribution in [0.4, 0.5) is 0 Å². The lowest BCUT2D eigenvalue weighted by Gasteiger charge is -2.34. The van der Waals surface area contributed by atoms with E-state index in [0.29, 0.717) is 12.2 Å². The third-order valence-electron chi connectivity index (χ3n) is 7.57. The van der Waals surface area contributed by atoms with Crippen LogP contribution >= 0.6 is 0 Å². The number of Topliss-reactive ketones (excluding diaryl/α,β-unsaturated/α-hetero) is 1. The van der Waals surface area contributed by atoms with Crippen LogP contribution in [0.5, 0.6) is 0 Å². The summed E-state index contributed by atoms with van der Waals surface area (Å²) in [4.78, 5) is 24.6. The molecule has 1 saturated heterocycles. The molecule has 2 aromatic heterocycles. The number of pyridine rings is 1. The number of aromatic nitrogens is 3. The number of ether oxygens (including phenoxy) is 1. The Morgan fingerprint density at radius 2 is 1.82 bits per heavy atom. The fraction of sp³-hybridized carbons (Fsp3) is 0.519. The lowest BCUT2D eigenvalue weighted by molar-refractivity contribution is -0.123. The molecule has 0 atom stereocenters. The smallest absolute Gasteiger partial charge is 0.141 e. The highest BCUT2D eigenvalue weighted by atomic mass is 16.5. The molecule has 1 saturated carbocycles. The average Bonchev–Trinajstić information content (AvgIpc) is 3.18. The summed E-state index contributed by atoms with van der Waals surface area (Å²) in [5.74, 6) is 2.25. The molecule has 3 aromatic rings. The standard InChI is InChI=1S/C27H34N4O2/c1-19-28-17-26(30(19)2)22-7-8-23-16-29-25(14-24(23)13-22)15-27(32)21-5-3-20(4-6-21)18-31-9-11-33-12-10-31/h7-8,13-14,16-17,20-21H,3-6,9-12,15,18H2,1-2H3. The van der Waals surface area contributed by atoms with Crippen LogP contribution in [0.1, 0.15) is 37.2 Å². The van der Waals surface area contributed by atoms with E-state index >= 15 is 0 Å².